The van der Waals surface area contributed by atoms with Gasteiger partial charge in [0.15, 0.2) is 10.9 Å². The van der Waals surface area contributed by atoms with Gasteiger partial charge >= 0.3 is 0 Å². The normalized spacial score (nSPS) is 11.9. The highest BCUT2D eigenvalue weighted by atomic mass is 32.1. The average Bonchev–Trinajstić information content (AvgIpc) is 3.51. The van der Waals surface area contributed by atoms with Gasteiger partial charge in [0.25, 0.3) is 5.91 Å². The van der Waals surface area contributed by atoms with E-state index in [-0.39, 0.29) is 11.8 Å². The Morgan fingerprint density at radius 1 is 1.19 bits per heavy atom. The number of benzene rings is 1. The molecular weight excluding hydrogens is 434 g/mol. The summed E-state index contributed by atoms with van der Waals surface area (Å²) in [6.45, 7) is 2.23. The first-order chi connectivity index (χ1) is 15.1. The van der Waals surface area contributed by atoms with Crippen molar-refractivity contribution in [2.75, 3.05) is 5.32 Å². The molecule has 156 valence electrons. The maximum atomic E-state index is 12.8. The van der Waals surface area contributed by atoms with Crippen LogP contribution in [0.5, 0.6) is 5.75 Å². The minimum Gasteiger partial charge on any atom is -0.488 e. The number of carbonyl (C=O) groups excluding carboxylic acids is 2. The Labute approximate surface area is 185 Å². The first-order valence-electron chi connectivity index (χ1n) is 9.52. The molecule has 2 N–H and O–H groups in total. The number of hydrogen-bond donors (Lipinski definition) is 2. The molecule has 31 heavy (non-hydrogen) atoms. The van der Waals surface area contributed by atoms with Crippen LogP contribution in [0.2, 0.25) is 0 Å². The van der Waals surface area contributed by atoms with Crippen molar-refractivity contribution in [1.29, 1.82) is 0 Å². The minimum atomic E-state index is -0.205. The van der Waals surface area contributed by atoms with E-state index in [0.29, 0.717) is 40.4 Å². The third-order valence-corrected chi connectivity index (χ3v) is 6.67. The summed E-state index contributed by atoms with van der Waals surface area (Å²) in [5.41, 5.74) is 2.65. The second-order valence-electron chi connectivity index (χ2n) is 6.92. The SMILES string of the molecule is CC(=O)NCc1ccc(-c2csc(NC(=O)c3cc4c(s3)-c3ccccc3OC4)n2)o1. The molecule has 9 heteroatoms. The summed E-state index contributed by atoms with van der Waals surface area (Å²) < 4.78 is 11.5. The van der Waals surface area contributed by atoms with E-state index in [1.54, 1.807) is 12.1 Å². The van der Waals surface area contributed by atoms with E-state index in [1.807, 2.05) is 35.7 Å². The van der Waals surface area contributed by atoms with Crippen molar-refractivity contribution in [3.63, 3.8) is 0 Å². The summed E-state index contributed by atoms with van der Waals surface area (Å²) in [5.74, 6) is 1.73. The van der Waals surface area contributed by atoms with Gasteiger partial charge in [0.2, 0.25) is 5.91 Å². The number of rotatable bonds is 5. The lowest BCUT2D eigenvalue weighted by Gasteiger charge is -2.16. The predicted molar refractivity (Wildman–Crippen MR) is 119 cm³/mol. The summed E-state index contributed by atoms with van der Waals surface area (Å²) in [6, 6.07) is 13.3. The largest absolute Gasteiger partial charge is 0.488 e. The van der Waals surface area contributed by atoms with Gasteiger partial charge in [0.1, 0.15) is 23.8 Å². The van der Waals surface area contributed by atoms with E-state index in [1.165, 1.54) is 29.6 Å². The number of fused-ring (bicyclic) bond motifs is 3. The van der Waals surface area contributed by atoms with Gasteiger partial charge in [-0.3, -0.25) is 14.9 Å². The highest BCUT2D eigenvalue weighted by molar-refractivity contribution is 7.18. The van der Waals surface area contributed by atoms with E-state index in [4.69, 9.17) is 9.15 Å². The molecule has 7 nitrogen and oxygen atoms in total. The van der Waals surface area contributed by atoms with E-state index in [2.05, 4.69) is 15.6 Å². The van der Waals surface area contributed by atoms with Crippen LogP contribution in [0, 0.1) is 0 Å². The van der Waals surface area contributed by atoms with Gasteiger partial charge in [-0.25, -0.2) is 4.98 Å². The van der Waals surface area contributed by atoms with Gasteiger partial charge in [-0.05, 0) is 30.3 Å². The smallest absolute Gasteiger partial charge is 0.267 e. The average molecular weight is 452 g/mol. The molecule has 5 rings (SSSR count). The van der Waals surface area contributed by atoms with Crippen molar-refractivity contribution in [2.45, 2.75) is 20.1 Å². The number of ether oxygens (including phenoxy) is 1. The zero-order valence-electron chi connectivity index (χ0n) is 16.4. The van der Waals surface area contributed by atoms with E-state index in [0.717, 1.165) is 21.8 Å². The van der Waals surface area contributed by atoms with E-state index < -0.39 is 0 Å². The number of para-hydroxylation sites is 1. The van der Waals surface area contributed by atoms with Gasteiger partial charge in [-0.2, -0.15) is 0 Å². The van der Waals surface area contributed by atoms with Crippen molar-refractivity contribution >= 4 is 39.6 Å². The molecule has 0 saturated carbocycles. The highest BCUT2D eigenvalue weighted by Gasteiger charge is 2.23. The quantitative estimate of drug-likeness (QED) is 0.450. The Kier molecular flexibility index (Phi) is 5.05. The topological polar surface area (TPSA) is 93.5 Å². The lowest BCUT2D eigenvalue weighted by atomic mass is 10.1. The molecule has 1 aromatic carbocycles. The Bertz CT molecular complexity index is 1290. The molecule has 2 amide bonds. The van der Waals surface area contributed by atoms with Crippen molar-refractivity contribution < 1.29 is 18.7 Å². The number of aromatic nitrogens is 1. The van der Waals surface area contributed by atoms with E-state index in [9.17, 15) is 9.59 Å². The second kappa shape index (κ2) is 8.01. The lowest BCUT2D eigenvalue weighted by Crippen LogP contribution is -2.18. The number of thiophene rings is 1. The molecular formula is C22H17N3O4S2. The fraction of sp³-hybridized carbons (Fsp3) is 0.136. The number of anilines is 1. The zero-order valence-corrected chi connectivity index (χ0v) is 18.1. The van der Waals surface area contributed by atoms with Crippen molar-refractivity contribution in [3.8, 4) is 27.6 Å². The van der Waals surface area contributed by atoms with Crippen molar-refractivity contribution in [3.05, 3.63) is 64.0 Å². The zero-order chi connectivity index (χ0) is 21.4. The molecule has 0 fully saturated rings. The Hall–Kier alpha value is -3.43. The summed E-state index contributed by atoms with van der Waals surface area (Å²) >= 11 is 2.78. The number of furan rings is 1. The summed E-state index contributed by atoms with van der Waals surface area (Å²) in [7, 11) is 0. The number of nitrogens with one attached hydrogen (secondary N) is 2. The van der Waals surface area contributed by atoms with Crippen LogP contribution in [0.1, 0.15) is 27.9 Å². The molecule has 1 aliphatic heterocycles. The van der Waals surface area contributed by atoms with Gasteiger partial charge in [0, 0.05) is 28.3 Å². The standard InChI is InChI=1S/C22H17N3O4S2/c1-12(26)23-9-14-6-7-18(29-14)16-11-30-22(24-16)25-21(27)19-8-13-10-28-17-5-3-2-4-15(17)20(13)31-19/h2-8,11H,9-10H2,1H3,(H,23,26)(H,24,25,27). The molecule has 0 spiro atoms. The molecule has 1 aliphatic rings. The Morgan fingerprint density at radius 2 is 2.06 bits per heavy atom. The maximum Gasteiger partial charge on any atom is 0.267 e. The summed E-state index contributed by atoms with van der Waals surface area (Å²) in [5, 5.41) is 7.86. The molecule has 0 saturated heterocycles. The van der Waals surface area contributed by atoms with Crippen LogP contribution in [0.3, 0.4) is 0 Å². The van der Waals surface area contributed by atoms with Crippen LogP contribution in [-0.2, 0) is 17.9 Å². The minimum absolute atomic E-state index is 0.123. The van der Waals surface area contributed by atoms with Gasteiger partial charge in [-0.1, -0.05) is 12.1 Å². The molecule has 0 atom stereocenters. The van der Waals surface area contributed by atoms with Crippen molar-refractivity contribution in [2.24, 2.45) is 0 Å². The van der Waals surface area contributed by atoms with Gasteiger partial charge < -0.3 is 14.5 Å². The number of nitrogens with zero attached hydrogens (tertiary/aromatic N) is 1. The van der Waals surface area contributed by atoms with Gasteiger partial charge in [0.05, 0.1) is 11.4 Å². The second-order valence-corrected chi connectivity index (χ2v) is 8.83. The molecule has 4 aromatic rings. The molecule has 3 aromatic heterocycles. The number of amides is 2. The fourth-order valence-corrected chi connectivity index (χ4v) is 5.02. The Balaban J connectivity index is 1.30. The first-order valence-corrected chi connectivity index (χ1v) is 11.2. The van der Waals surface area contributed by atoms with Gasteiger partial charge in [-0.15, -0.1) is 22.7 Å². The Morgan fingerprint density at radius 3 is 2.94 bits per heavy atom. The number of hydrogen-bond acceptors (Lipinski definition) is 7. The number of carbonyl (C=O) groups is 2. The summed E-state index contributed by atoms with van der Waals surface area (Å²) in [4.78, 5) is 30.0. The van der Waals surface area contributed by atoms with Crippen LogP contribution in [0.4, 0.5) is 5.13 Å². The van der Waals surface area contributed by atoms with Crippen LogP contribution in [-0.4, -0.2) is 16.8 Å². The fourth-order valence-electron chi connectivity index (χ4n) is 3.24. The molecule has 0 unspecified atom stereocenters. The third kappa shape index (κ3) is 3.97. The van der Waals surface area contributed by atoms with Crippen LogP contribution in [0.25, 0.3) is 21.9 Å². The molecule has 0 bridgehead atoms. The molecule has 4 heterocycles. The van der Waals surface area contributed by atoms with E-state index >= 15 is 0 Å². The summed E-state index contributed by atoms with van der Waals surface area (Å²) in [6.07, 6.45) is 0. The van der Waals surface area contributed by atoms with Crippen LogP contribution in [0.15, 0.2) is 52.3 Å². The first kappa shape index (κ1) is 19.5. The number of thiazole rings is 1. The predicted octanol–water partition coefficient (Wildman–Crippen LogP) is 4.91. The van der Waals surface area contributed by atoms with Crippen molar-refractivity contribution in [1.82, 2.24) is 10.3 Å². The molecule has 0 aliphatic carbocycles. The third-order valence-electron chi connectivity index (χ3n) is 4.70. The maximum absolute atomic E-state index is 12.8. The lowest BCUT2D eigenvalue weighted by molar-refractivity contribution is -0.119. The van der Waals surface area contributed by atoms with Crippen LogP contribution < -0.4 is 15.4 Å². The molecule has 0 radical (unpaired) electrons. The monoisotopic (exact) mass is 451 g/mol. The van der Waals surface area contributed by atoms with Crippen LogP contribution >= 0.6 is 22.7 Å². The highest BCUT2D eigenvalue weighted by Crippen LogP contribution is 2.42.